The van der Waals surface area contributed by atoms with Gasteiger partial charge in [0.15, 0.2) is 0 Å². The van der Waals surface area contributed by atoms with E-state index in [-0.39, 0.29) is 107 Å². The van der Waals surface area contributed by atoms with Crippen molar-refractivity contribution in [2.75, 3.05) is 0 Å². The first-order chi connectivity index (χ1) is 29.8. The second kappa shape index (κ2) is 15.6. The maximum atomic E-state index is 15.2. The van der Waals surface area contributed by atoms with Crippen molar-refractivity contribution < 1.29 is 49.2 Å². The third kappa shape index (κ3) is 7.99. The van der Waals surface area contributed by atoms with E-state index in [2.05, 4.69) is 67.5 Å². The van der Waals surface area contributed by atoms with Crippen molar-refractivity contribution in [3.05, 3.63) is 128 Å². The fourth-order valence-corrected chi connectivity index (χ4v) is 18.8. The Labute approximate surface area is 417 Å². The zero-order valence-corrected chi connectivity index (χ0v) is 45.1. The normalized spacial score (nSPS) is 34.3. The van der Waals surface area contributed by atoms with Crippen molar-refractivity contribution in [1.29, 1.82) is 0 Å². The maximum absolute atomic E-state index is 15.2. The van der Waals surface area contributed by atoms with Gasteiger partial charge in [0.05, 0.1) is 17.0 Å². The number of aromatic hydroxyl groups is 2. The molecule has 0 atom stereocenters. The molecule has 0 aliphatic heterocycles. The molecule has 1 heterocycles. The van der Waals surface area contributed by atoms with Crippen LogP contribution in [0, 0.1) is 61.2 Å². The molecule has 0 radical (unpaired) electrons. The number of aryl methyl sites for hydroxylation is 2. The Hall–Kier alpha value is -3.71. The first kappa shape index (κ1) is 49.7. The zero-order valence-electron chi connectivity index (χ0n) is 41.5. The predicted molar refractivity (Wildman–Crippen MR) is 264 cm³/mol. The minimum absolute atomic E-state index is 0. The Morgan fingerprint density at radius 2 is 0.716 bits per heavy atom. The molecule has 5 aromatic rings. The molecule has 8 aliphatic rings. The van der Waals surface area contributed by atoms with E-state index in [1.807, 2.05) is 60.7 Å². The van der Waals surface area contributed by atoms with Crippen molar-refractivity contribution in [3.8, 4) is 56.3 Å². The molecule has 0 unspecified atom stereocenters. The summed E-state index contributed by atoms with van der Waals surface area (Å²) in [5.41, 5.74) is 7.97. The summed E-state index contributed by atoms with van der Waals surface area (Å²) in [4.78, 5) is 5.11. The van der Waals surface area contributed by atoms with Crippen LogP contribution in [0.25, 0.3) is 44.8 Å². The molecule has 4 aromatic carbocycles. The van der Waals surface area contributed by atoms with Gasteiger partial charge in [0.1, 0.15) is 11.5 Å². The molecule has 13 rings (SSSR count). The van der Waals surface area contributed by atoms with Gasteiger partial charge in [-0.3, -0.25) is 0 Å². The number of aromatic nitrogens is 1. The molecule has 0 amide bonds. The molecule has 3 nitrogen and oxygen atoms in total. The van der Waals surface area contributed by atoms with Crippen molar-refractivity contribution >= 4 is 0 Å². The standard InChI is InChI=1S/C58H64F3NO2.2CH3.Hf/c1-35-17-42(48(63)44(19-35)56-29-50(3)23-51(4,30-56)25-52(5,24-50)31-56)38-13-9-11-15-40(38)46-21-37(58(59,60)61)22-47(62-46)41-16-12-10-14-39(41)43-18-36(2)20-45(49(43)64)57-32-53(6)26-54(7,33-57)28-55(8,27-53)34-57;;;/h9-22,63-64H,23-34H2,1-8H3;2*1H3;/q;2*-1;. The first-order valence-electron chi connectivity index (χ1n) is 23.8. The number of halogens is 3. The quantitative estimate of drug-likeness (QED) is 0.132. The molecule has 1 aromatic heterocycles. The van der Waals surface area contributed by atoms with Gasteiger partial charge in [-0.2, -0.15) is 13.2 Å². The molecule has 0 spiro atoms. The van der Waals surface area contributed by atoms with E-state index < -0.39 is 11.7 Å². The summed E-state index contributed by atoms with van der Waals surface area (Å²) < 4.78 is 45.5. The van der Waals surface area contributed by atoms with Crippen LogP contribution in [0.15, 0.2) is 84.9 Å². The monoisotopic (exact) mass is 1070 g/mol. The van der Waals surface area contributed by atoms with Gasteiger partial charge in [0, 0.05) is 70.1 Å². The van der Waals surface area contributed by atoms with Gasteiger partial charge in [0.2, 0.25) is 0 Å². The van der Waals surface area contributed by atoms with Crippen LogP contribution in [0.4, 0.5) is 13.2 Å². The molecule has 8 bridgehead atoms. The van der Waals surface area contributed by atoms with Gasteiger partial charge in [-0.15, -0.1) is 0 Å². The van der Waals surface area contributed by atoms with Crippen LogP contribution in [0.3, 0.4) is 0 Å². The Kier molecular flexibility index (Phi) is 11.6. The predicted octanol–water partition coefficient (Wildman–Crippen LogP) is 17.0. The number of nitrogens with zero attached hydrogens (tertiary/aromatic N) is 1. The number of pyridine rings is 1. The van der Waals surface area contributed by atoms with Crippen molar-refractivity contribution in [2.24, 2.45) is 32.5 Å². The van der Waals surface area contributed by atoms with Crippen LogP contribution in [-0.4, -0.2) is 15.2 Å². The average Bonchev–Trinajstić information content (AvgIpc) is 3.15. The van der Waals surface area contributed by atoms with E-state index in [4.69, 9.17) is 4.98 Å². The third-order valence-corrected chi connectivity index (χ3v) is 17.5. The maximum Gasteiger partial charge on any atom is 0.416 e. The van der Waals surface area contributed by atoms with Crippen molar-refractivity contribution in [1.82, 2.24) is 4.98 Å². The van der Waals surface area contributed by atoms with E-state index in [0.717, 1.165) is 72.9 Å². The fraction of sp³-hybridized carbons (Fsp3) is 0.483. The SMILES string of the molecule is Cc1cc(-c2ccccc2-c2cc(C(F)(F)F)cc(-c3ccccc3-c3cc(C)cc(C45CC6(C)CC(C)(CC(C)(C6)C4)C5)c3O)n2)c(O)c(C23CC4(C)CC(C)(CC(C)(C4)C2)C3)c1.[CH3-].[CH3-].[Hf]. The summed E-state index contributed by atoms with van der Waals surface area (Å²) in [6.45, 7) is 18.8. The topological polar surface area (TPSA) is 53.4 Å². The van der Waals surface area contributed by atoms with Crippen molar-refractivity contribution in [3.63, 3.8) is 0 Å². The van der Waals surface area contributed by atoms with E-state index in [1.165, 1.54) is 38.5 Å². The Morgan fingerprint density at radius 1 is 0.433 bits per heavy atom. The fourth-order valence-electron chi connectivity index (χ4n) is 18.8. The third-order valence-electron chi connectivity index (χ3n) is 17.5. The molecule has 2 N–H and O–H groups in total. The van der Waals surface area contributed by atoms with Crippen molar-refractivity contribution in [2.45, 2.75) is 149 Å². The molecule has 8 aliphatic carbocycles. The van der Waals surface area contributed by atoms with E-state index in [0.29, 0.717) is 33.4 Å². The summed E-state index contributed by atoms with van der Waals surface area (Å²) in [6.07, 6.45) is 8.73. The van der Waals surface area contributed by atoms with Gasteiger partial charge in [-0.1, -0.05) is 102 Å². The molecule has 8 saturated carbocycles. The minimum atomic E-state index is -4.66. The van der Waals surface area contributed by atoms with Crippen LogP contribution >= 0.6 is 0 Å². The summed E-state index contributed by atoms with van der Waals surface area (Å²) in [5.74, 6) is 0.463. The summed E-state index contributed by atoms with van der Waals surface area (Å²) in [7, 11) is 0. The van der Waals surface area contributed by atoms with E-state index >= 15 is 13.2 Å². The molecule has 0 saturated heterocycles. The molecule has 7 heteroatoms. The first-order valence-corrected chi connectivity index (χ1v) is 23.8. The largest absolute Gasteiger partial charge is 0.507 e. The van der Waals surface area contributed by atoms with Crippen LogP contribution in [-0.2, 0) is 42.8 Å². The Morgan fingerprint density at radius 3 is 1.00 bits per heavy atom. The summed E-state index contributed by atoms with van der Waals surface area (Å²) >= 11 is 0. The molecular weight excluding hydrogens is 1000 g/mol. The summed E-state index contributed by atoms with van der Waals surface area (Å²) in [5, 5.41) is 25.2. The Bertz CT molecular complexity index is 2520. The zero-order chi connectivity index (χ0) is 45.3. The second-order valence-electron chi connectivity index (χ2n) is 25.2. The van der Waals surface area contributed by atoms with Gasteiger partial charge < -0.3 is 25.1 Å². The van der Waals surface area contributed by atoms with E-state index in [1.54, 1.807) is 0 Å². The molecular formula is C60H70F3HfNO2-2. The number of hydrogen-bond acceptors (Lipinski definition) is 3. The van der Waals surface area contributed by atoms with Crippen LogP contribution in [0.2, 0.25) is 0 Å². The minimum Gasteiger partial charge on any atom is -0.507 e. The number of benzene rings is 4. The van der Waals surface area contributed by atoms with Gasteiger partial charge in [0.25, 0.3) is 0 Å². The summed E-state index contributed by atoms with van der Waals surface area (Å²) in [6, 6.07) is 25.5. The van der Waals surface area contributed by atoms with Gasteiger partial charge in [-0.25, -0.2) is 4.98 Å². The molecule has 8 fully saturated rings. The number of phenolic OH excluding ortho intramolecular Hbond substituents is 2. The molecule has 67 heavy (non-hydrogen) atoms. The molecule has 354 valence electrons. The second-order valence-corrected chi connectivity index (χ2v) is 25.2. The average molecular weight is 1070 g/mol. The number of rotatable bonds is 6. The van der Waals surface area contributed by atoms with Crippen LogP contribution in [0.5, 0.6) is 11.5 Å². The van der Waals surface area contributed by atoms with Crippen LogP contribution < -0.4 is 0 Å². The number of hydrogen-bond donors (Lipinski definition) is 2. The number of alkyl halides is 3. The van der Waals surface area contributed by atoms with Crippen LogP contribution in [0.1, 0.15) is 146 Å². The smallest absolute Gasteiger partial charge is 0.416 e. The van der Waals surface area contributed by atoms with E-state index in [9.17, 15) is 10.2 Å². The Balaban J connectivity index is 0.00000203. The van der Waals surface area contributed by atoms with Gasteiger partial charge >= 0.3 is 6.18 Å². The van der Waals surface area contributed by atoms with Gasteiger partial charge in [-0.05, 0) is 170 Å². The number of phenols is 2.